The first-order chi connectivity index (χ1) is 18.0. The van der Waals surface area contributed by atoms with Crippen molar-refractivity contribution in [3.8, 4) is 11.5 Å². The Morgan fingerprint density at radius 3 is 2.57 bits per heavy atom. The van der Waals surface area contributed by atoms with Crippen molar-refractivity contribution in [2.24, 2.45) is 0 Å². The van der Waals surface area contributed by atoms with Crippen molar-refractivity contribution in [2.45, 2.75) is 32.2 Å². The van der Waals surface area contributed by atoms with Gasteiger partial charge in [0.25, 0.3) is 5.91 Å². The van der Waals surface area contributed by atoms with Crippen molar-refractivity contribution < 1.29 is 28.6 Å². The van der Waals surface area contributed by atoms with Crippen LogP contribution in [0, 0.1) is 0 Å². The number of hydrogen-bond acceptors (Lipinski definition) is 7. The van der Waals surface area contributed by atoms with E-state index in [2.05, 4.69) is 15.5 Å². The van der Waals surface area contributed by atoms with Crippen LogP contribution in [0.25, 0.3) is 0 Å². The molecule has 2 saturated heterocycles. The number of amides is 4. The molecule has 1 spiro atoms. The molecule has 2 N–H and O–H groups in total. The number of carbonyl (C=O) groups is 3. The Balaban J connectivity index is 1.36. The summed E-state index contributed by atoms with van der Waals surface area (Å²) in [4.78, 5) is 42.5. The zero-order valence-electron chi connectivity index (χ0n) is 21.2. The number of benzene rings is 2. The third-order valence-electron chi connectivity index (χ3n) is 7.01. The van der Waals surface area contributed by atoms with E-state index in [-0.39, 0.29) is 0 Å². The lowest BCUT2D eigenvalue weighted by atomic mass is 9.92. The van der Waals surface area contributed by atoms with Gasteiger partial charge in [0.2, 0.25) is 5.91 Å². The smallest absolute Gasteiger partial charge is 0.325 e. The van der Waals surface area contributed by atoms with Crippen LogP contribution in [0.1, 0.15) is 31.4 Å². The minimum atomic E-state index is -1.10. The Bertz CT molecular complexity index is 1210. The van der Waals surface area contributed by atoms with Crippen LogP contribution in [0.2, 0.25) is 0 Å². The van der Waals surface area contributed by atoms with Crippen molar-refractivity contribution >= 4 is 29.2 Å². The zero-order chi connectivity index (χ0) is 26.0. The van der Waals surface area contributed by atoms with E-state index in [9.17, 15) is 14.4 Å². The fourth-order valence-electron chi connectivity index (χ4n) is 5.31. The summed E-state index contributed by atoms with van der Waals surface area (Å²) in [7, 11) is 0. The molecule has 2 heterocycles. The maximum atomic E-state index is 13.4. The van der Waals surface area contributed by atoms with E-state index >= 15 is 0 Å². The first-order valence-corrected chi connectivity index (χ1v) is 12.8. The number of nitrogens with zero attached hydrogens (tertiary/aromatic N) is 2. The Kier molecular flexibility index (Phi) is 6.92. The number of aryl methyl sites for hydroxylation is 1. The average Bonchev–Trinajstić information content (AvgIpc) is 3.39. The van der Waals surface area contributed by atoms with E-state index in [0.29, 0.717) is 69.5 Å². The van der Waals surface area contributed by atoms with Gasteiger partial charge in [0.15, 0.2) is 0 Å². The van der Waals surface area contributed by atoms with Crippen molar-refractivity contribution in [3.05, 3.63) is 47.5 Å². The molecular weight excluding hydrogens is 476 g/mol. The third kappa shape index (κ3) is 4.57. The maximum absolute atomic E-state index is 13.4. The molecule has 10 nitrogen and oxygen atoms in total. The molecule has 0 aromatic heterocycles. The number of anilines is 2. The second kappa shape index (κ2) is 10.3. The minimum Gasteiger partial charge on any atom is -0.492 e. The molecule has 2 aliphatic heterocycles. The molecule has 2 fully saturated rings. The molecule has 1 atom stereocenters. The zero-order valence-corrected chi connectivity index (χ0v) is 21.2. The quantitative estimate of drug-likeness (QED) is 0.528. The van der Waals surface area contributed by atoms with Crippen LogP contribution in [-0.2, 0) is 26.3 Å². The predicted molar refractivity (Wildman–Crippen MR) is 137 cm³/mol. The highest BCUT2D eigenvalue weighted by molar-refractivity contribution is 6.11. The standard InChI is InChI=1S/C27H32N4O6/c1-3-36-22-16-21(30-11-13-35-14-12-30)23(37-4-2)15-20(22)28-24(32)17-31-25(33)27(29-26(31)34)10-9-18-7-5-6-8-19(18)27/h5-8,15-16H,3-4,9-14,17H2,1-2H3,(H,28,32)(H,29,34)/t27-/m0/s1. The van der Waals surface area contributed by atoms with Crippen LogP contribution in [0.3, 0.4) is 0 Å². The Labute approximate surface area is 215 Å². The summed E-state index contributed by atoms with van der Waals surface area (Å²) < 4.78 is 17.2. The van der Waals surface area contributed by atoms with E-state index < -0.39 is 29.9 Å². The lowest BCUT2D eigenvalue weighted by Gasteiger charge is -2.31. The molecule has 3 aliphatic rings. The van der Waals surface area contributed by atoms with Gasteiger partial charge in [-0.3, -0.25) is 14.5 Å². The number of ether oxygens (including phenoxy) is 3. The average molecular weight is 509 g/mol. The lowest BCUT2D eigenvalue weighted by molar-refractivity contribution is -0.134. The van der Waals surface area contributed by atoms with Crippen molar-refractivity contribution in [3.63, 3.8) is 0 Å². The van der Waals surface area contributed by atoms with Crippen molar-refractivity contribution in [1.29, 1.82) is 0 Å². The number of nitrogens with one attached hydrogen (secondary N) is 2. The summed E-state index contributed by atoms with van der Waals surface area (Å²) in [5.74, 6) is 0.188. The topological polar surface area (TPSA) is 109 Å². The monoisotopic (exact) mass is 508 g/mol. The molecular formula is C27H32N4O6. The van der Waals surface area contributed by atoms with E-state index in [1.165, 1.54) is 0 Å². The summed E-state index contributed by atoms with van der Waals surface area (Å²) in [6.45, 7) is 6.87. The molecule has 0 radical (unpaired) electrons. The van der Waals surface area contributed by atoms with Gasteiger partial charge in [0, 0.05) is 25.2 Å². The summed E-state index contributed by atoms with van der Waals surface area (Å²) in [5.41, 5.74) is 2.01. The SMILES string of the molecule is CCOc1cc(N2CCOCC2)c(OCC)cc1NC(=O)CN1C(=O)N[C@]2(CCc3ccccc32)C1=O. The molecule has 10 heteroatoms. The summed E-state index contributed by atoms with van der Waals surface area (Å²) in [6, 6.07) is 10.6. The van der Waals surface area contributed by atoms with Crippen LogP contribution in [0.4, 0.5) is 16.2 Å². The van der Waals surface area contributed by atoms with Gasteiger partial charge >= 0.3 is 6.03 Å². The number of carbonyl (C=O) groups excluding carboxylic acids is 3. The highest BCUT2D eigenvalue weighted by Gasteiger charge is 2.55. The largest absolute Gasteiger partial charge is 0.492 e. The van der Waals surface area contributed by atoms with Crippen LogP contribution in [0.15, 0.2) is 36.4 Å². The summed E-state index contributed by atoms with van der Waals surface area (Å²) in [6.07, 6.45) is 1.17. The van der Waals surface area contributed by atoms with Crippen molar-refractivity contribution in [1.82, 2.24) is 10.2 Å². The van der Waals surface area contributed by atoms with Crippen LogP contribution in [0.5, 0.6) is 11.5 Å². The number of urea groups is 1. The number of hydrogen-bond donors (Lipinski definition) is 2. The van der Waals surface area contributed by atoms with E-state index in [4.69, 9.17) is 14.2 Å². The first kappa shape index (κ1) is 24.9. The molecule has 0 saturated carbocycles. The van der Waals surface area contributed by atoms with Crippen molar-refractivity contribution in [2.75, 3.05) is 56.3 Å². The Hall–Kier alpha value is -3.79. The molecule has 1 aliphatic carbocycles. The highest BCUT2D eigenvalue weighted by atomic mass is 16.5. The molecule has 196 valence electrons. The molecule has 2 aromatic carbocycles. The van der Waals surface area contributed by atoms with Gasteiger partial charge in [0.1, 0.15) is 23.6 Å². The third-order valence-corrected chi connectivity index (χ3v) is 7.01. The Morgan fingerprint density at radius 1 is 1.08 bits per heavy atom. The van der Waals surface area contributed by atoms with Gasteiger partial charge in [-0.1, -0.05) is 24.3 Å². The number of fused-ring (bicyclic) bond motifs is 2. The summed E-state index contributed by atoms with van der Waals surface area (Å²) >= 11 is 0. The molecule has 0 unspecified atom stereocenters. The Morgan fingerprint density at radius 2 is 1.81 bits per heavy atom. The fraction of sp³-hybridized carbons (Fsp3) is 0.444. The predicted octanol–water partition coefficient (Wildman–Crippen LogP) is 2.65. The fourth-order valence-corrected chi connectivity index (χ4v) is 5.31. The van der Waals surface area contributed by atoms with Crippen LogP contribution >= 0.6 is 0 Å². The number of imide groups is 1. The number of morpholine rings is 1. The van der Waals surface area contributed by atoms with Gasteiger partial charge in [-0.05, 0) is 37.8 Å². The van der Waals surface area contributed by atoms with Crippen LogP contribution in [-0.4, -0.2) is 68.8 Å². The summed E-state index contributed by atoms with van der Waals surface area (Å²) in [5, 5.41) is 5.68. The van der Waals surface area contributed by atoms with Gasteiger partial charge in [-0.2, -0.15) is 0 Å². The molecule has 2 aromatic rings. The van der Waals surface area contributed by atoms with Gasteiger partial charge < -0.3 is 29.7 Å². The molecule has 4 amide bonds. The lowest BCUT2D eigenvalue weighted by Crippen LogP contribution is -2.43. The maximum Gasteiger partial charge on any atom is 0.325 e. The van der Waals surface area contributed by atoms with E-state index in [0.717, 1.165) is 21.7 Å². The molecule has 5 rings (SSSR count). The second-order valence-corrected chi connectivity index (χ2v) is 9.21. The van der Waals surface area contributed by atoms with Gasteiger partial charge in [-0.15, -0.1) is 0 Å². The van der Waals surface area contributed by atoms with Crippen LogP contribution < -0.4 is 25.0 Å². The normalized spacial score (nSPS) is 20.7. The van der Waals surface area contributed by atoms with Gasteiger partial charge in [0.05, 0.1) is 37.8 Å². The molecule has 37 heavy (non-hydrogen) atoms. The van der Waals surface area contributed by atoms with E-state index in [1.54, 1.807) is 6.07 Å². The molecule has 0 bridgehead atoms. The second-order valence-electron chi connectivity index (χ2n) is 9.21. The van der Waals surface area contributed by atoms with Gasteiger partial charge in [-0.25, -0.2) is 4.79 Å². The first-order valence-electron chi connectivity index (χ1n) is 12.8. The highest BCUT2D eigenvalue weighted by Crippen LogP contribution is 2.42. The minimum absolute atomic E-state index is 0.397. The van der Waals surface area contributed by atoms with E-state index in [1.807, 2.05) is 44.2 Å². The number of rotatable bonds is 8.